The van der Waals surface area contributed by atoms with Gasteiger partial charge in [-0.05, 0) is 25.1 Å². The van der Waals surface area contributed by atoms with Gasteiger partial charge in [-0.3, -0.25) is 0 Å². The van der Waals surface area contributed by atoms with Gasteiger partial charge in [0.25, 0.3) is 0 Å². The topological polar surface area (TPSA) is 44.5 Å². The van der Waals surface area contributed by atoms with Gasteiger partial charge in [-0.1, -0.05) is 0 Å². The first-order chi connectivity index (χ1) is 7.84. The van der Waals surface area contributed by atoms with Crippen LogP contribution >= 0.6 is 0 Å². The summed E-state index contributed by atoms with van der Waals surface area (Å²) in [4.78, 5) is 0. The Bertz CT molecular complexity index is 379. The molecule has 0 radical (unpaired) electrons. The monoisotopic (exact) mass is 249 g/mol. The minimum atomic E-state index is -4.40. The summed E-state index contributed by atoms with van der Waals surface area (Å²) in [7, 11) is 1.51. The number of nitrogens with two attached hydrogens (primary N) is 1. The van der Waals surface area contributed by atoms with E-state index in [0.717, 1.165) is 12.1 Å². The summed E-state index contributed by atoms with van der Waals surface area (Å²) in [5.41, 5.74) is 4.67. The molecular weight excluding hydrogens is 235 g/mol. The standard InChI is InChI=1S/C11H14F3NO2/c1-7(6-16-2)17-10-4-3-8(5-9(10)15)11(12,13)14/h3-5,7H,6,15H2,1-2H3. The van der Waals surface area contributed by atoms with Gasteiger partial charge < -0.3 is 15.2 Å². The molecule has 0 fully saturated rings. The molecule has 96 valence electrons. The molecular formula is C11H14F3NO2. The third kappa shape index (κ3) is 3.81. The molecule has 2 N–H and O–H groups in total. The number of hydrogen-bond acceptors (Lipinski definition) is 3. The number of rotatable bonds is 4. The van der Waals surface area contributed by atoms with Gasteiger partial charge in [0.15, 0.2) is 0 Å². The summed E-state index contributed by atoms with van der Waals surface area (Å²) in [6.45, 7) is 2.07. The highest BCUT2D eigenvalue weighted by Crippen LogP contribution is 2.33. The van der Waals surface area contributed by atoms with E-state index in [0.29, 0.717) is 6.61 Å². The Morgan fingerprint density at radius 2 is 2.00 bits per heavy atom. The van der Waals surface area contributed by atoms with Gasteiger partial charge >= 0.3 is 6.18 Å². The van der Waals surface area contributed by atoms with Crippen LogP contribution < -0.4 is 10.5 Å². The minimum Gasteiger partial charge on any atom is -0.486 e. The molecule has 0 aromatic heterocycles. The molecule has 0 aliphatic rings. The molecule has 0 bridgehead atoms. The molecule has 1 rings (SSSR count). The molecule has 0 saturated heterocycles. The van der Waals surface area contributed by atoms with Crippen LogP contribution in [-0.4, -0.2) is 19.8 Å². The summed E-state index contributed by atoms with van der Waals surface area (Å²) in [6, 6.07) is 3.00. The molecule has 1 aromatic carbocycles. The molecule has 1 atom stereocenters. The van der Waals surface area contributed by atoms with Crippen LogP contribution in [0.3, 0.4) is 0 Å². The lowest BCUT2D eigenvalue weighted by molar-refractivity contribution is -0.137. The summed E-state index contributed by atoms with van der Waals surface area (Å²) in [6.07, 6.45) is -4.68. The first-order valence-corrected chi connectivity index (χ1v) is 4.97. The molecule has 1 aromatic rings. The predicted octanol–water partition coefficient (Wildman–Crippen LogP) is 2.70. The van der Waals surface area contributed by atoms with E-state index in [9.17, 15) is 13.2 Å². The molecule has 3 nitrogen and oxygen atoms in total. The average Bonchev–Trinajstić information content (AvgIpc) is 2.20. The van der Waals surface area contributed by atoms with Crippen LogP contribution in [0.2, 0.25) is 0 Å². The molecule has 0 aliphatic carbocycles. The van der Waals surface area contributed by atoms with Crippen LogP contribution in [0.25, 0.3) is 0 Å². The molecule has 0 saturated carbocycles. The first kappa shape index (κ1) is 13.6. The van der Waals surface area contributed by atoms with Crippen molar-refractivity contribution in [3.63, 3.8) is 0 Å². The number of nitrogen functional groups attached to an aromatic ring is 1. The zero-order chi connectivity index (χ0) is 13.1. The van der Waals surface area contributed by atoms with Gasteiger partial charge in [0, 0.05) is 7.11 Å². The third-order valence-electron chi connectivity index (χ3n) is 2.07. The summed E-state index contributed by atoms with van der Waals surface area (Å²) >= 11 is 0. The van der Waals surface area contributed by atoms with Crippen LogP contribution in [0.15, 0.2) is 18.2 Å². The van der Waals surface area contributed by atoms with E-state index in [4.69, 9.17) is 15.2 Å². The number of alkyl halides is 3. The largest absolute Gasteiger partial charge is 0.486 e. The smallest absolute Gasteiger partial charge is 0.416 e. The van der Waals surface area contributed by atoms with E-state index in [1.165, 1.54) is 13.2 Å². The fourth-order valence-electron chi connectivity index (χ4n) is 1.32. The Morgan fingerprint density at radius 3 is 2.47 bits per heavy atom. The predicted molar refractivity (Wildman–Crippen MR) is 57.8 cm³/mol. The van der Waals surface area contributed by atoms with Gasteiger partial charge in [-0.15, -0.1) is 0 Å². The fraction of sp³-hybridized carbons (Fsp3) is 0.455. The van der Waals surface area contributed by atoms with Crippen molar-refractivity contribution < 1.29 is 22.6 Å². The van der Waals surface area contributed by atoms with Gasteiger partial charge in [0.05, 0.1) is 17.9 Å². The second kappa shape index (κ2) is 5.27. The van der Waals surface area contributed by atoms with E-state index >= 15 is 0 Å². The highest BCUT2D eigenvalue weighted by molar-refractivity contribution is 5.54. The molecule has 1 unspecified atom stereocenters. The molecule has 0 spiro atoms. The Hall–Kier alpha value is -1.43. The number of ether oxygens (including phenoxy) is 2. The Kier molecular flexibility index (Phi) is 4.22. The van der Waals surface area contributed by atoms with E-state index in [-0.39, 0.29) is 17.5 Å². The zero-order valence-electron chi connectivity index (χ0n) is 9.54. The van der Waals surface area contributed by atoms with Gasteiger partial charge in [-0.25, -0.2) is 0 Å². The zero-order valence-corrected chi connectivity index (χ0v) is 9.54. The van der Waals surface area contributed by atoms with E-state index in [2.05, 4.69) is 0 Å². The van der Waals surface area contributed by atoms with E-state index in [1.54, 1.807) is 6.92 Å². The lowest BCUT2D eigenvalue weighted by atomic mass is 10.2. The van der Waals surface area contributed by atoms with Crippen molar-refractivity contribution in [2.45, 2.75) is 19.2 Å². The first-order valence-electron chi connectivity index (χ1n) is 4.97. The molecule has 17 heavy (non-hydrogen) atoms. The maximum absolute atomic E-state index is 12.4. The highest BCUT2D eigenvalue weighted by atomic mass is 19.4. The van der Waals surface area contributed by atoms with Crippen LogP contribution in [-0.2, 0) is 10.9 Å². The summed E-state index contributed by atoms with van der Waals surface area (Å²) < 4.78 is 47.3. The quantitative estimate of drug-likeness (QED) is 0.834. The van der Waals surface area contributed by atoms with E-state index < -0.39 is 11.7 Å². The van der Waals surface area contributed by atoms with Gasteiger partial charge in [0.1, 0.15) is 11.9 Å². The van der Waals surface area contributed by atoms with Crippen molar-refractivity contribution in [3.8, 4) is 5.75 Å². The van der Waals surface area contributed by atoms with Crippen molar-refractivity contribution in [3.05, 3.63) is 23.8 Å². The minimum absolute atomic E-state index is 0.0391. The highest BCUT2D eigenvalue weighted by Gasteiger charge is 2.31. The summed E-state index contributed by atoms with van der Waals surface area (Å²) in [5, 5.41) is 0. The molecule has 0 aliphatic heterocycles. The number of hydrogen-bond donors (Lipinski definition) is 1. The fourth-order valence-corrected chi connectivity index (χ4v) is 1.32. The second-order valence-electron chi connectivity index (χ2n) is 3.63. The Labute approximate surface area is 97.3 Å². The Balaban J connectivity index is 2.83. The number of methoxy groups -OCH3 is 1. The number of benzene rings is 1. The van der Waals surface area contributed by atoms with Crippen molar-refractivity contribution >= 4 is 5.69 Å². The third-order valence-corrected chi connectivity index (χ3v) is 2.07. The average molecular weight is 249 g/mol. The van der Waals surface area contributed by atoms with Crippen LogP contribution in [0.4, 0.5) is 18.9 Å². The maximum atomic E-state index is 12.4. The van der Waals surface area contributed by atoms with Crippen molar-refractivity contribution in [2.75, 3.05) is 19.5 Å². The molecule has 0 amide bonds. The van der Waals surface area contributed by atoms with Crippen molar-refractivity contribution in [1.82, 2.24) is 0 Å². The lowest BCUT2D eigenvalue weighted by Crippen LogP contribution is -2.18. The number of anilines is 1. The SMILES string of the molecule is COCC(C)Oc1ccc(C(F)(F)F)cc1N. The van der Waals surface area contributed by atoms with Gasteiger partial charge in [-0.2, -0.15) is 13.2 Å². The van der Waals surface area contributed by atoms with Crippen molar-refractivity contribution in [1.29, 1.82) is 0 Å². The van der Waals surface area contributed by atoms with Crippen LogP contribution in [0.1, 0.15) is 12.5 Å². The normalized spacial score (nSPS) is 13.5. The second-order valence-corrected chi connectivity index (χ2v) is 3.63. The summed E-state index contributed by atoms with van der Waals surface area (Å²) in [5.74, 6) is 0.225. The number of halogens is 3. The molecule has 6 heteroatoms. The van der Waals surface area contributed by atoms with Crippen LogP contribution in [0, 0.1) is 0 Å². The van der Waals surface area contributed by atoms with Gasteiger partial charge in [0.2, 0.25) is 0 Å². The van der Waals surface area contributed by atoms with Crippen LogP contribution in [0.5, 0.6) is 5.75 Å². The lowest BCUT2D eigenvalue weighted by Gasteiger charge is -2.16. The van der Waals surface area contributed by atoms with E-state index in [1.807, 2.05) is 0 Å². The molecule has 0 heterocycles. The Morgan fingerprint density at radius 1 is 1.35 bits per heavy atom. The van der Waals surface area contributed by atoms with Crippen molar-refractivity contribution in [2.24, 2.45) is 0 Å². The maximum Gasteiger partial charge on any atom is 0.416 e.